The maximum absolute atomic E-state index is 12.3. The molecule has 4 nitrogen and oxygen atoms in total. The molecule has 1 aliphatic rings. The highest BCUT2D eigenvalue weighted by atomic mass is 16.5. The average Bonchev–Trinajstić information content (AvgIpc) is 2.98. The Kier molecular flexibility index (Phi) is 11.3. The number of rotatable bonds is 13. The first-order valence-corrected chi connectivity index (χ1v) is 10.3. The number of carbonyl (C=O) groups is 2. The number of methoxy groups -OCH3 is 1. The van der Waals surface area contributed by atoms with Crippen LogP contribution in [0.15, 0.2) is 24.3 Å². The van der Waals surface area contributed by atoms with Gasteiger partial charge < -0.3 is 9.47 Å². The summed E-state index contributed by atoms with van der Waals surface area (Å²) < 4.78 is 10.5. The van der Waals surface area contributed by atoms with Crippen LogP contribution in [0.4, 0.5) is 0 Å². The first kappa shape index (κ1) is 23.6. The van der Waals surface area contributed by atoms with Gasteiger partial charge in [0.05, 0.1) is 6.61 Å². The Morgan fingerprint density at radius 3 is 2.74 bits per heavy atom. The van der Waals surface area contributed by atoms with E-state index in [2.05, 4.69) is 31.2 Å². The number of hydrogen-bond acceptors (Lipinski definition) is 4. The molecule has 0 aromatic heterocycles. The molecule has 154 valence electrons. The minimum Gasteiger partial charge on any atom is -0.465 e. The van der Waals surface area contributed by atoms with Crippen LogP contribution in [0.2, 0.25) is 0 Å². The minimum atomic E-state index is -0.248. The molecule has 1 saturated carbocycles. The normalized spacial score (nSPS) is 22.6. The summed E-state index contributed by atoms with van der Waals surface area (Å²) in [7, 11) is 1.69. The molecular formula is C23H38O4. The molecule has 0 amide bonds. The van der Waals surface area contributed by atoms with E-state index in [1.54, 1.807) is 7.11 Å². The monoisotopic (exact) mass is 378 g/mol. The highest BCUT2D eigenvalue weighted by molar-refractivity contribution is 5.83. The van der Waals surface area contributed by atoms with Crippen molar-refractivity contribution in [2.24, 2.45) is 17.3 Å². The summed E-state index contributed by atoms with van der Waals surface area (Å²) in [5.41, 5.74) is -0.136. The smallest absolute Gasteiger partial charge is 0.302 e. The second kappa shape index (κ2) is 12.9. The lowest BCUT2D eigenvalue weighted by molar-refractivity contribution is -0.144. The minimum absolute atomic E-state index is 0.136. The van der Waals surface area contributed by atoms with Crippen molar-refractivity contribution >= 4 is 11.8 Å². The van der Waals surface area contributed by atoms with Gasteiger partial charge >= 0.3 is 5.97 Å². The summed E-state index contributed by atoms with van der Waals surface area (Å²) in [5, 5.41) is 0. The SMILES string of the molecule is CC=CCCCC[C@H]1C(=O)CC[C@@H]1C=CCC(C)(CCOC)COC(C)=O. The van der Waals surface area contributed by atoms with Gasteiger partial charge in [0.1, 0.15) is 5.78 Å². The Morgan fingerprint density at radius 1 is 1.30 bits per heavy atom. The van der Waals surface area contributed by atoms with E-state index in [0.29, 0.717) is 31.3 Å². The largest absolute Gasteiger partial charge is 0.465 e. The lowest BCUT2D eigenvalue weighted by Crippen LogP contribution is -2.26. The van der Waals surface area contributed by atoms with E-state index in [4.69, 9.17) is 9.47 Å². The number of Topliss-reactive ketones (excluding diaryl/α,β-unsaturated/α-hetero) is 1. The number of ketones is 1. The fourth-order valence-electron chi connectivity index (χ4n) is 3.72. The third-order valence-corrected chi connectivity index (χ3v) is 5.55. The predicted octanol–water partition coefficient (Wildman–Crippen LogP) is 5.27. The van der Waals surface area contributed by atoms with Gasteiger partial charge in [0.2, 0.25) is 0 Å². The summed E-state index contributed by atoms with van der Waals surface area (Å²) in [6.07, 6.45) is 16.4. The summed E-state index contributed by atoms with van der Waals surface area (Å²) >= 11 is 0. The second-order valence-electron chi connectivity index (χ2n) is 8.09. The summed E-state index contributed by atoms with van der Waals surface area (Å²) in [6, 6.07) is 0. The van der Waals surface area contributed by atoms with E-state index in [1.807, 2.05) is 6.92 Å². The van der Waals surface area contributed by atoms with Gasteiger partial charge in [0.25, 0.3) is 0 Å². The quantitative estimate of drug-likeness (QED) is 0.249. The number of esters is 1. The van der Waals surface area contributed by atoms with E-state index in [-0.39, 0.29) is 17.3 Å². The van der Waals surface area contributed by atoms with Gasteiger partial charge in [-0.2, -0.15) is 0 Å². The zero-order valence-corrected chi connectivity index (χ0v) is 17.7. The van der Waals surface area contributed by atoms with Crippen molar-refractivity contribution in [3.8, 4) is 0 Å². The number of ether oxygens (including phenoxy) is 2. The molecule has 0 bridgehead atoms. The highest BCUT2D eigenvalue weighted by Crippen LogP contribution is 2.35. The molecule has 4 heteroatoms. The lowest BCUT2D eigenvalue weighted by Gasteiger charge is -2.27. The molecule has 0 heterocycles. The van der Waals surface area contributed by atoms with E-state index < -0.39 is 0 Å². The summed E-state index contributed by atoms with van der Waals surface area (Å²) in [5.74, 6) is 0.727. The van der Waals surface area contributed by atoms with Gasteiger partial charge in [-0.3, -0.25) is 9.59 Å². The maximum Gasteiger partial charge on any atom is 0.302 e. The van der Waals surface area contributed by atoms with Crippen molar-refractivity contribution in [2.75, 3.05) is 20.3 Å². The van der Waals surface area contributed by atoms with Crippen LogP contribution in [0.5, 0.6) is 0 Å². The van der Waals surface area contributed by atoms with Gasteiger partial charge in [-0.15, -0.1) is 0 Å². The van der Waals surface area contributed by atoms with Crippen LogP contribution in [0.3, 0.4) is 0 Å². The van der Waals surface area contributed by atoms with Crippen molar-refractivity contribution in [3.05, 3.63) is 24.3 Å². The standard InChI is InChI=1S/C23H38O4/c1-5-6-7-8-9-12-21-20(13-14-22(21)25)11-10-15-23(3,16-17-26-4)18-27-19(2)24/h5-6,10-11,20-21H,7-9,12-18H2,1-4H3/t20-,21+,23?/m0/s1. The van der Waals surface area contributed by atoms with E-state index in [0.717, 1.165) is 44.9 Å². The van der Waals surface area contributed by atoms with Gasteiger partial charge in [0, 0.05) is 38.4 Å². The second-order valence-corrected chi connectivity index (χ2v) is 8.09. The van der Waals surface area contributed by atoms with Crippen molar-refractivity contribution in [2.45, 2.75) is 72.1 Å². The molecule has 1 fully saturated rings. The fraction of sp³-hybridized carbons (Fsp3) is 0.739. The molecule has 0 aromatic carbocycles. The Bertz CT molecular complexity index is 509. The third-order valence-electron chi connectivity index (χ3n) is 5.55. The zero-order valence-electron chi connectivity index (χ0n) is 17.7. The Hall–Kier alpha value is -1.42. The number of hydrogen-bond donors (Lipinski definition) is 0. The third kappa shape index (κ3) is 9.37. The predicted molar refractivity (Wildman–Crippen MR) is 109 cm³/mol. The molecule has 3 atom stereocenters. The van der Waals surface area contributed by atoms with Crippen LogP contribution in [-0.2, 0) is 19.1 Å². The van der Waals surface area contributed by atoms with E-state index in [1.165, 1.54) is 6.92 Å². The first-order chi connectivity index (χ1) is 12.9. The van der Waals surface area contributed by atoms with Gasteiger partial charge in [0.15, 0.2) is 0 Å². The van der Waals surface area contributed by atoms with Crippen LogP contribution in [0.1, 0.15) is 72.1 Å². The zero-order chi connectivity index (χ0) is 20.1. The Morgan fingerprint density at radius 2 is 2.07 bits per heavy atom. The van der Waals surface area contributed by atoms with Gasteiger partial charge in [-0.05, 0) is 51.4 Å². The molecule has 1 unspecified atom stereocenters. The average molecular weight is 379 g/mol. The summed E-state index contributed by atoms with van der Waals surface area (Å²) in [6.45, 7) is 6.65. The number of unbranched alkanes of at least 4 members (excludes halogenated alkanes) is 2. The van der Waals surface area contributed by atoms with Crippen LogP contribution in [-0.4, -0.2) is 32.1 Å². The molecule has 1 rings (SSSR count). The summed E-state index contributed by atoms with van der Waals surface area (Å²) in [4.78, 5) is 23.4. The van der Waals surface area contributed by atoms with Crippen molar-refractivity contribution in [1.82, 2.24) is 0 Å². The van der Waals surface area contributed by atoms with Crippen LogP contribution in [0.25, 0.3) is 0 Å². The highest BCUT2D eigenvalue weighted by Gasteiger charge is 2.32. The van der Waals surface area contributed by atoms with Gasteiger partial charge in [-0.1, -0.05) is 37.6 Å². The number of carbonyl (C=O) groups excluding carboxylic acids is 2. The molecule has 0 spiro atoms. The van der Waals surface area contributed by atoms with Crippen molar-refractivity contribution < 1.29 is 19.1 Å². The fourth-order valence-corrected chi connectivity index (χ4v) is 3.72. The topological polar surface area (TPSA) is 52.6 Å². The van der Waals surface area contributed by atoms with Crippen LogP contribution >= 0.6 is 0 Å². The molecule has 27 heavy (non-hydrogen) atoms. The Balaban J connectivity index is 2.56. The molecule has 1 aliphatic carbocycles. The first-order valence-electron chi connectivity index (χ1n) is 10.3. The number of allylic oxidation sites excluding steroid dienone is 4. The van der Waals surface area contributed by atoms with E-state index in [9.17, 15) is 9.59 Å². The Labute approximate surface area is 165 Å². The molecule has 0 aromatic rings. The molecule has 0 radical (unpaired) electrons. The molecular weight excluding hydrogens is 340 g/mol. The lowest BCUT2D eigenvalue weighted by atomic mass is 9.83. The molecule has 0 saturated heterocycles. The van der Waals surface area contributed by atoms with Crippen LogP contribution < -0.4 is 0 Å². The maximum atomic E-state index is 12.3. The van der Waals surface area contributed by atoms with Crippen molar-refractivity contribution in [3.63, 3.8) is 0 Å². The molecule has 0 N–H and O–H groups in total. The van der Waals surface area contributed by atoms with Gasteiger partial charge in [-0.25, -0.2) is 0 Å². The van der Waals surface area contributed by atoms with E-state index >= 15 is 0 Å². The molecule has 0 aliphatic heterocycles. The van der Waals surface area contributed by atoms with Crippen molar-refractivity contribution in [1.29, 1.82) is 0 Å². The van der Waals surface area contributed by atoms with Crippen LogP contribution in [0, 0.1) is 17.3 Å².